The van der Waals surface area contributed by atoms with Crippen LogP contribution in [0, 0.1) is 5.92 Å². The number of hydrogen-bond donors (Lipinski definition) is 1. The van der Waals surface area contributed by atoms with E-state index in [9.17, 15) is 9.59 Å². The second kappa shape index (κ2) is 5.07. The van der Waals surface area contributed by atoms with E-state index in [1.807, 2.05) is 4.90 Å². The number of rotatable bonds is 1. The molecule has 1 saturated heterocycles. The third-order valence-corrected chi connectivity index (χ3v) is 4.01. The van der Waals surface area contributed by atoms with Gasteiger partial charge >= 0.3 is 0 Å². The fraction of sp³-hybridized carbons (Fsp3) is 0.846. The van der Waals surface area contributed by atoms with Gasteiger partial charge in [0.05, 0.1) is 6.54 Å². The summed E-state index contributed by atoms with van der Waals surface area (Å²) in [4.78, 5) is 25.4. The van der Waals surface area contributed by atoms with Crippen LogP contribution in [0.15, 0.2) is 0 Å². The molecule has 1 heterocycles. The van der Waals surface area contributed by atoms with Crippen LogP contribution in [0.2, 0.25) is 0 Å². The molecular weight excluding hydrogens is 216 g/mol. The summed E-state index contributed by atoms with van der Waals surface area (Å²) in [7, 11) is 0. The fourth-order valence-electron chi connectivity index (χ4n) is 2.92. The highest BCUT2D eigenvalue weighted by atomic mass is 16.2. The predicted octanol–water partition coefficient (Wildman–Crippen LogP) is 1.30. The van der Waals surface area contributed by atoms with Gasteiger partial charge in [-0.3, -0.25) is 9.59 Å². The van der Waals surface area contributed by atoms with Gasteiger partial charge in [0.15, 0.2) is 0 Å². The summed E-state index contributed by atoms with van der Waals surface area (Å²) in [5.41, 5.74) is 0. The SMILES string of the molecule is CC1CCCC(N2CC(=O)NC(C)C2=O)CC1. The molecule has 17 heavy (non-hydrogen) atoms. The lowest BCUT2D eigenvalue weighted by atomic mass is 10.0. The van der Waals surface area contributed by atoms with Crippen molar-refractivity contribution in [1.29, 1.82) is 0 Å². The standard InChI is InChI=1S/C13H22N2O2/c1-9-4-3-5-11(7-6-9)15-8-12(16)14-10(2)13(15)17/h9-11H,3-8H2,1-2H3,(H,14,16). The zero-order valence-corrected chi connectivity index (χ0v) is 10.7. The number of piperazine rings is 1. The molecule has 0 radical (unpaired) electrons. The van der Waals surface area contributed by atoms with Gasteiger partial charge < -0.3 is 10.2 Å². The minimum Gasteiger partial charge on any atom is -0.343 e. The van der Waals surface area contributed by atoms with E-state index in [4.69, 9.17) is 0 Å². The first-order valence-corrected chi connectivity index (χ1v) is 6.67. The summed E-state index contributed by atoms with van der Waals surface area (Å²) in [6.07, 6.45) is 5.69. The average molecular weight is 238 g/mol. The minimum atomic E-state index is -0.350. The molecule has 3 atom stereocenters. The Labute approximate surface area is 103 Å². The fourth-order valence-corrected chi connectivity index (χ4v) is 2.92. The maximum absolute atomic E-state index is 12.1. The average Bonchev–Trinajstić information content (AvgIpc) is 2.48. The van der Waals surface area contributed by atoms with E-state index >= 15 is 0 Å². The van der Waals surface area contributed by atoms with Crippen molar-refractivity contribution in [3.63, 3.8) is 0 Å². The van der Waals surface area contributed by atoms with E-state index in [0.717, 1.165) is 18.8 Å². The Morgan fingerprint density at radius 1 is 1.12 bits per heavy atom. The summed E-state index contributed by atoms with van der Waals surface area (Å²) in [5.74, 6) is 0.824. The van der Waals surface area contributed by atoms with E-state index in [0.29, 0.717) is 0 Å². The number of nitrogens with zero attached hydrogens (tertiary/aromatic N) is 1. The van der Waals surface area contributed by atoms with E-state index in [-0.39, 0.29) is 30.4 Å². The van der Waals surface area contributed by atoms with Gasteiger partial charge in [-0.15, -0.1) is 0 Å². The van der Waals surface area contributed by atoms with Gasteiger partial charge in [-0.1, -0.05) is 19.8 Å². The second-order valence-electron chi connectivity index (χ2n) is 5.52. The van der Waals surface area contributed by atoms with Crippen LogP contribution in [-0.2, 0) is 9.59 Å². The lowest BCUT2D eigenvalue weighted by molar-refractivity contribution is -0.146. The minimum absolute atomic E-state index is 0.0191. The van der Waals surface area contributed by atoms with Crippen molar-refractivity contribution >= 4 is 11.8 Å². The van der Waals surface area contributed by atoms with E-state index in [1.165, 1.54) is 19.3 Å². The number of carbonyl (C=O) groups excluding carboxylic acids is 2. The van der Waals surface area contributed by atoms with Crippen molar-refractivity contribution in [2.45, 2.75) is 58.0 Å². The van der Waals surface area contributed by atoms with Crippen LogP contribution in [0.3, 0.4) is 0 Å². The van der Waals surface area contributed by atoms with Crippen LogP contribution < -0.4 is 5.32 Å². The molecule has 1 N–H and O–H groups in total. The van der Waals surface area contributed by atoms with Gasteiger partial charge in [0.1, 0.15) is 6.04 Å². The third kappa shape index (κ3) is 2.79. The van der Waals surface area contributed by atoms with Crippen LogP contribution in [0.1, 0.15) is 46.0 Å². The maximum Gasteiger partial charge on any atom is 0.245 e. The van der Waals surface area contributed by atoms with Crippen LogP contribution in [-0.4, -0.2) is 35.3 Å². The van der Waals surface area contributed by atoms with Crippen molar-refractivity contribution in [1.82, 2.24) is 10.2 Å². The molecule has 2 rings (SSSR count). The smallest absolute Gasteiger partial charge is 0.245 e. The van der Waals surface area contributed by atoms with Gasteiger partial charge in [0.2, 0.25) is 11.8 Å². The molecule has 3 unspecified atom stereocenters. The summed E-state index contributed by atoms with van der Waals surface area (Å²) in [6, 6.07) is -0.0714. The first kappa shape index (κ1) is 12.4. The van der Waals surface area contributed by atoms with Gasteiger partial charge in [0.25, 0.3) is 0 Å². The summed E-state index contributed by atoms with van der Waals surface area (Å²) in [6.45, 7) is 4.30. The molecule has 2 aliphatic rings. The summed E-state index contributed by atoms with van der Waals surface area (Å²) in [5, 5.41) is 2.69. The van der Waals surface area contributed by atoms with Gasteiger partial charge in [0, 0.05) is 6.04 Å². The molecule has 4 heteroatoms. The van der Waals surface area contributed by atoms with Crippen LogP contribution in [0.5, 0.6) is 0 Å². The summed E-state index contributed by atoms with van der Waals surface area (Å²) < 4.78 is 0. The quantitative estimate of drug-likeness (QED) is 0.700. The molecule has 0 aromatic rings. The van der Waals surface area contributed by atoms with Crippen molar-refractivity contribution in [3.05, 3.63) is 0 Å². The molecular formula is C13H22N2O2. The maximum atomic E-state index is 12.1. The van der Waals surface area contributed by atoms with E-state index < -0.39 is 0 Å². The van der Waals surface area contributed by atoms with Crippen LogP contribution in [0.4, 0.5) is 0 Å². The molecule has 2 amide bonds. The van der Waals surface area contributed by atoms with Crippen molar-refractivity contribution < 1.29 is 9.59 Å². The highest BCUT2D eigenvalue weighted by Crippen LogP contribution is 2.26. The van der Waals surface area contributed by atoms with Crippen LogP contribution >= 0.6 is 0 Å². The second-order valence-corrected chi connectivity index (χ2v) is 5.52. The summed E-state index contributed by atoms with van der Waals surface area (Å²) >= 11 is 0. The highest BCUT2D eigenvalue weighted by Gasteiger charge is 2.34. The first-order valence-electron chi connectivity index (χ1n) is 6.67. The first-order chi connectivity index (χ1) is 8.08. The molecule has 1 aliphatic carbocycles. The molecule has 0 aromatic carbocycles. The molecule has 1 aliphatic heterocycles. The van der Waals surface area contributed by atoms with Gasteiger partial charge in [-0.05, 0) is 32.1 Å². The molecule has 1 saturated carbocycles. The van der Waals surface area contributed by atoms with E-state index in [1.54, 1.807) is 6.92 Å². The molecule has 0 aromatic heterocycles. The molecule has 4 nitrogen and oxygen atoms in total. The molecule has 0 bridgehead atoms. The predicted molar refractivity (Wildman–Crippen MR) is 65.4 cm³/mol. The van der Waals surface area contributed by atoms with E-state index in [2.05, 4.69) is 12.2 Å². The molecule has 2 fully saturated rings. The van der Waals surface area contributed by atoms with Crippen LogP contribution in [0.25, 0.3) is 0 Å². The monoisotopic (exact) mass is 238 g/mol. The van der Waals surface area contributed by atoms with Gasteiger partial charge in [-0.2, -0.15) is 0 Å². The Morgan fingerprint density at radius 3 is 2.65 bits per heavy atom. The Balaban J connectivity index is 2.04. The Kier molecular flexibility index (Phi) is 3.69. The Hall–Kier alpha value is -1.06. The van der Waals surface area contributed by atoms with Crippen molar-refractivity contribution in [3.8, 4) is 0 Å². The van der Waals surface area contributed by atoms with Gasteiger partial charge in [-0.25, -0.2) is 0 Å². The lowest BCUT2D eigenvalue weighted by Crippen LogP contribution is -2.59. The molecule has 96 valence electrons. The van der Waals surface area contributed by atoms with Crippen molar-refractivity contribution in [2.24, 2.45) is 5.92 Å². The highest BCUT2D eigenvalue weighted by molar-refractivity contribution is 5.94. The Bertz CT molecular complexity index is 317. The number of carbonyl (C=O) groups is 2. The lowest BCUT2D eigenvalue weighted by Gasteiger charge is -2.36. The number of hydrogen-bond acceptors (Lipinski definition) is 2. The van der Waals surface area contributed by atoms with Crippen molar-refractivity contribution in [2.75, 3.05) is 6.54 Å². The molecule has 0 spiro atoms. The number of nitrogens with one attached hydrogen (secondary N) is 1. The Morgan fingerprint density at radius 2 is 1.88 bits per heavy atom. The topological polar surface area (TPSA) is 49.4 Å². The number of amides is 2. The normalized spacial score (nSPS) is 35.4. The zero-order valence-electron chi connectivity index (χ0n) is 10.7. The largest absolute Gasteiger partial charge is 0.343 e. The third-order valence-electron chi connectivity index (χ3n) is 4.01. The zero-order chi connectivity index (χ0) is 12.4.